The van der Waals surface area contributed by atoms with Crippen molar-refractivity contribution >= 4 is 0 Å². The first-order chi connectivity index (χ1) is 6.72. The molecule has 76 valence electrons. The number of aryl methyl sites for hydroxylation is 1. The first-order valence-electron chi connectivity index (χ1n) is 4.77. The van der Waals surface area contributed by atoms with Crippen LogP contribution in [-0.4, -0.2) is 7.11 Å². The number of rotatable bonds is 4. The lowest BCUT2D eigenvalue weighted by atomic mass is 9.99. The SMILES string of the molecule is C=CC(N)c1ccc(OC)cc1CC. The van der Waals surface area contributed by atoms with E-state index in [1.165, 1.54) is 5.56 Å². The summed E-state index contributed by atoms with van der Waals surface area (Å²) in [5, 5.41) is 0. The third-order valence-electron chi connectivity index (χ3n) is 2.34. The highest BCUT2D eigenvalue weighted by Crippen LogP contribution is 2.22. The molecule has 0 aliphatic rings. The van der Waals surface area contributed by atoms with Gasteiger partial charge in [0.25, 0.3) is 0 Å². The van der Waals surface area contributed by atoms with Crippen molar-refractivity contribution in [3.8, 4) is 5.75 Å². The van der Waals surface area contributed by atoms with E-state index in [1.807, 2.05) is 18.2 Å². The van der Waals surface area contributed by atoms with Gasteiger partial charge >= 0.3 is 0 Å². The Balaban J connectivity index is 3.10. The van der Waals surface area contributed by atoms with E-state index in [2.05, 4.69) is 13.5 Å². The summed E-state index contributed by atoms with van der Waals surface area (Å²) in [5.74, 6) is 0.877. The van der Waals surface area contributed by atoms with Crippen LogP contribution in [0.5, 0.6) is 5.75 Å². The third kappa shape index (κ3) is 2.15. The molecule has 2 heteroatoms. The summed E-state index contributed by atoms with van der Waals surface area (Å²) >= 11 is 0. The quantitative estimate of drug-likeness (QED) is 0.742. The fourth-order valence-electron chi connectivity index (χ4n) is 1.47. The summed E-state index contributed by atoms with van der Waals surface area (Å²) in [5.41, 5.74) is 8.25. The monoisotopic (exact) mass is 191 g/mol. The van der Waals surface area contributed by atoms with Gasteiger partial charge in [0.15, 0.2) is 0 Å². The summed E-state index contributed by atoms with van der Waals surface area (Å²) in [6.07, 6.45) is 2.70. The molecule has 1 rings (SSSR count). The van der Waals surface area contributed by atoms with E-state index in [-0.39, 0.29) is 6.04 Å². The van der Waals surface area contributed by atoms with Crippen LogP contribution in [0.4, 0.5) is 0 Å². The average molecular weight is 191 g/mol. The van der Waals surface area contributed by atoms with E-state index in [0.29, 0.717) is 0 Å². The van der Waals surface area contributed by atoms with E-state index in [4.69, 9.17) is 10.5 Å². The number of nitrogens with two attached hydrogens (primary N) is 1. The van der Waals surface area contributed by atoms with Gasteiger partial charge in [-0.2, -0.15) is 0 Å². The summed E-state index contributed by atoms with van der Waals surface area (Å²) in [4.78, 5) is 0. The molecule has 0 bridgehead atoms. The minimum Gasteiger partial charge on any atom is -0.497 e. The van der Waals surface area contributed by atoms with Gasteiger partial charge in [0.05, 0.1) is 7.11 Å². The smallest absolute Gasteiger partial charge is 0.119 e. The minimum absolute atomic E-state index is 0.0872. The number of ether oxygens (including phenoxy) is 1. The van der Waals surface area contributed by atoms with Crippen LogP contribution in [0.25, 0.3) is 0 Å². The predicted molar refractivity (Wildman–Crippen MR) is 59.5 cm³/mol. The summed E-state index contributed by atoms with van der Waals surface area (Å²) in [7, 11) is 1.67. The van der Waals surface area contributed by atoms with Crippen molar-refractivity contribution in [2.45, 2.75) is 19.4 Å². The van der Waals surface area contributed by atoms with Crippen LogP contribution in [-0.2, 0) is 6.42 Å². The molecule has 2 N–H and O–H groups in total. The van der Waals surface area contributed by atoms with Gasteiger partial charge < -0.3 is 10.5 Å². The van der Waals surface area contributed by atoms with Crippen molar-refractivity contribution in [1.29, 1.82) is 0 Å². The van der Waals surface area contributed by atoms with Crippen molar-refractivity contribution in [2.75, 3.05) is 7.11 Å². The molecule has 0 saturated carbocycles. The fraction of sp³-hybridized carbons (Fsp3) is 0.333. The molecule has 14 heavy (non-hydrogen) atoms. The van der Waals surface area contributed by atoms with Crippen LogP contribution in [0.1, 0.15) is 24.1 Å². The van der Waals surface area contributed by atoms with Crippen molar-refractivity contribution in [1.82, 2.24) is 0 Å². The van der Waals surface area contributed by atoms with E-state index in [9.17, 15) is 0 Å². The lowest BCUT2D eigenvalue weighted by molar-refractivity contribution is 0.414. The van der Waals surface area contributed by atoms with Gasteiger partial charge in [-0.25, -0.2) is 0 Å². The largest absolute Gasteiger partial charge is 0.497 e. The van der Waals surface area contributed by atoms with E-state index < -0.39 is 0 Å². The Hall–Kier alpha value is -1.28. The molecule has 0 spiro atoms. The molecule has 1 aromatic rings. The molecule has 0 saturated heterocycles. The normalized spacial score (nSPS) is 12.2. The predicted octanol–water partition coefficient (Wildman–Crippen LogP) is 2.44. The highest BCUT2D eigenvalue weighted by atomic mass is 16.5. The van der Waals surface area contributed by atoms with Crippen LogP contribution in [0.3, 0.4) is 0 Å². The molecule has 1 atom stereocenters. The van der Waals surface area contributed by atoms with E-state index >= 15 is 0 Å². The first kappa shape index (κ1) is 10.8. The molecule has 0 radical (unpaired) electrons. The number of hydrogen-bond donors (Lipinski definition) is 1. The Morgan fingerprint density at radius 2 is 2.29 bits per heavy atom. The second kappa shape index (κ2) is 4.82. The Morgan fingerprint density at radius 1 is 1.57 bits per heavy atom. The molecule has 0 fully saturated rings. The van der Waals surface area contributed by atoms with Gasteiger partial charge in [-0.05, 0) is 29.7 Å². The molecule has 0 aromatic heterocycles. The zero-order chi connectivity index (χ0) is 10.6. The number of hydrogen-bond acceptors (Lipinski definition) is 2. The van der Waals surface area contributed by atoms with Crippen LogP contribution in [0.15, 0.2) is 30.9 Å². The summed E-state index contributed by atoms with van der Waals surface area (Å²) < 4.78 is 5.16. The maximum atomic E-state index is 5.90. The molecule has 0 heterocycles. The Labute approximate surface area is 85.4 Å². The van der Waals surface area contributed by atoms with E-state index in [1.54, 1.807) is 13.2 Å². The maximum absolute atomic E-state index is 5.90. The lowest BCUT2D eigenvalue weighted by Crippen LogP contribution is -2.09. The second-order valence-corrected chi connectivity index (χ2v) is 3.18. The average Bonchev–Trinajstić information content (AvgIpc) is 2.27. The van der Waals surface area contributed by atoms with Crippen LogP contribution < -0.4 is 10.5 Å². The molecule has 2 nitrogen and oxygen atoms in total. The number of methoxy groups -OCH3 is 1. The van der Waals surface area contributed by atoms with Crippen LogP contribution in [0, 0.1) is 0 Å². The lowest BCUT2D eigenvalue weighted by Gasteiger charge is -2.13. The van der Waals surface area contributed by atoms with Gasteiger partial charge in [-0.1, -0.05) is 19.1 Å². The van der Waals surface area contributed by atoms with Gasteiger partial charge in [-0.3, -0.25) is 0 Å². The summed E-state index contributed by atoms with van der Waals surface area (Å²) in [6.45, 7) is 5.80. The zero-order valence-electron chi connectivity index (χ0n) is 8.79. The van der Waals surface area contributed by atoms with Crippen LogP contribution >= 0.6 is 0 Å². The third-order valence-corrected chi connectivity index (χ3v) is 2.34. The molecular weight excluding hydrogens is 174 g/mol. The molecular formula is C12H17NO. The maximum Gasteiger partial charge on any atom is 0.119 e. The molecule has 0 aliphatic carbocycles. The van der Waals surface area contributed by atoms with Gasteiger partial charge in [0.1, 0.15) is 5.75 Å². The standard InChI is InChI=1S/C12H17NO/c1-4-9-8-10(14-3)6-7-11(9)12(13)5-2/h5-8,12H,2,4,13H2,1,3H3. The molecule has 0 aliphatic heterocycles. The first-order valence-corrected chi connectivity index (χ1v) is 4.77. The van der Waals surface area contributed by atoms with Crippen molar-refractivity contribution in [3.05, 3.63) is 42.0 Å². The van der Waals surface area contributed by atoms with Gasteiger partial charge in [0.2, 0.25) is 0 Å². The second-order valence-electron chi connectivity index (χ2n) is 3.18. The number of benzene rings is 1. The Bertz CT molecular complexity index is 320. The highest BCUT2D eigenvalue weighted by Gasteiger charge is 2.07. The molecule has 1 aromatic carbocycles. The fourth-order valence-corrected chi connectivity index (χ4v) is 1.47. The zero-order valence-corrected chi connectivity index (χ0v) is 8.79. The van der Waals surface area contributed by atoms with Gasteiger partial charge in [0, 0.05) is 6.04 Å². The Morgan fingerprint density at radius 3 is 2.79 bits per heavy atom. The van der Waals surface area contributed by atoms with Crippen molar-refractivity contribution < 1.29 is 4.74 Å². The van der Waals surface area contributed by atoms with E-state index in [0.717, 1.165) is 17.7 Å². The van der Waals surface area contributed by atoms with Crippen molar-refractivity contribution in [3.63, 3.8) is 0 Å². The highest BCUT2D eigenvalue weighted by molar-refractivity contribution is 5.38. The topological polar surface area (TPSA) is 35.2 Å². The molecule has 1 unspecified atom stereocenters. The van der Waals surface area contributed by atoms with Crippen LogP contribution in [0.2, 0.25) is 0 Å². The van der Waals surface area contributed by atoms with Gasteiger partial charge in [-0.15, -0.1) is 6.58 Å². The Kier molecular flexibility index (Phi) is 3.72. The summed E-state index contributed by atoms with van der Waals surface area (Å²) in [6, 6.07) is 5.87. The van der Waals surface area contributed by atoms with Crippen molar-refractivity contribution in [2.24, 2.45) is 5.73 Å². The molecule has 0 amide bonds. The minimum atomic E-state index is -0.0872.